The molecule has 0 radical (unpaired) electrons. The van der Waals surface area contributed by atoms with Gasteiger partial charge >= 0.3 is 0 Å². The summed E-state index contributed by atoms with van der Waals surface area (Å²) in [6.07, 6.45) is 8.21. The van der Waals surface area contributed by atoms with Crippen LogP contribution < -0.4 is 0 Å². The zero-order valence-corrected chi connectivity index (χ0v) is 6.92. The molecule has 0 amide bonds. The van der Waals surface area contributed by atoms with Crippen LogP contribution in [-0.2, 0) is 0 Å². The largest absolute Gasteiger partial charge is 0.392 e. The first-order valence-electron chi connectivity index (χ1n) is 5.01. The average Bonchev–Trinajstić information content (AvgIpc) is 2.82. The van der Waals surface area contributed by atoms with Crippen LogP contribution in [0.2, 0.25) is 0 Å². The smallest absolute Gasteiger partial charge is 0.0627 e. The summed E-state index contributed by atoms with van der Waals surface area (Å²) in [5, 5.41) is 9.99. The fourth-order valence-electron chi connectivity index (χ4n) is 3.57. The summed E-state index contributed by atoms with van der Waals surface area (Å²) in [5.41, 5.74) is 0.459. The Labute approximate surface area is 67.8 Å². The van der Waals surface area contributed by atoms with E-state index in [2.05, 4.69) is 0 Å². The molecule has 4 saturated carbocycles. The Morgan fingerprint density at radius 1 is 1.00 bits per heavy atom. The fraction of sp³-hybridized carbons (Fsp3) is 1.00. The third kappa shape index (κ3) is 0.658. The second kappa shape index (κ2) is 1.82. The summed E-state index contributed by atoms with van der Waals surface area (Å²) in [7, 11) is 0. The number of aliphatic hydroxyl groups excluding tert-OH is 1. The van der Waals surface area contributed by atoms with Crippen molar-refractivity contribution < 1.29 is 5.11 Å². The number of hydrogen-bond donors (Lipinski definition) is 1. The summed E-state index contributed by atoms with van der Waals surface area (Å²) in [5.74, 6) is 1.59. The van der Waals surface area contributed by atoms with Gasteiger partial charge < -0.3 is 5.11 Å². The molecule has 0 aromatic heterocycles. The average molecular weight is 152 g/mol. The first-order valence-corrected chi connectivity index (χ1v) is 5.01. The van der Waals surface area contributed by atoms with E-state index in [1.165, 1.54) is 38.5 Å². The lowest BCUT2D eigenvalue weighted by Gasteiger charge is -2.47. The molecule has 1 spiro atoms. The standard InChI is InChI=1S/C10H16O/c11-9-7-1-3-8(4-2-7)10(9)5-6-10/h7-9,11H,1-6H2. The summed E-state index contributed by atoms with van der Waals surface area (Å²) in [4.78, 5) is 0. The van der Waals surface area contributed by atoms with E-state index >= 15 is 0 Å². The summed E-state index contributed by atoms with van der Waals surface area (Å²) < 4.78 is 0. The van der Waals surface area contributed by atoms with Crippen LogP contribution in [0.5, 0.6) is 0 Å². The van der Waals surface area contributed by atoms with Crippen LogP contribution >= 0.6 is 0 Å². The molecule has 11 heavy (non-hydrogen) atoms. The van der Waals surface area contributed by atoms with Gasteiger partial charge in [0.05, 0.1) is 6.10 Å². The van der Waals surface area contributed by atoms with Crippen molar-refractivity contribution in [1.82, 2.24) is 0 Å². The van der Waals surface area contributed by atoms with Gasteiger partial charge in [-0.2, -0.15) is 0 Å². The van der Waals surface area contributed by atoms with Crippen molar-refractivity contribution in [2.24, 2.45) is 17.3 Å². The maximum atomic E-state index is 9.99. The minimum Gasteiger partial charge on any atom is -0.392 e. The van der Waals surface area contributed by atoms with Crippen molar-refractivity contribution >= 4 is 0 Å². The summed E-state index contributed by atoms with van der Waals surface area (Å²) >= 11 is 0. The fourth-order valence-corrected chi connectivity index (χ4v) is 3.57. The molecule has 1 unspecified atom stereocenters. The minimum absolute atomic E-state index is 0.0926. The second-order valence-electron chi connectivity index (χ2n) is 4.79. The molecule has 0 aliphatic heterocycles. The second-order valence-corrected chi connectivity index (χ2v) is 4.79. The van der Waals surface area contributed by atoms with Crippen molar-refractivity contribution in [2.45, 2.75) is 44.6 Å². The van der Waals surface area contributed by atoms with E-state index in [1.54, 1.807) is 0 Å². The summed E-state index contributed by atoms with van der Waals surface area (Å²) in [6, 6.07) is 0. The van der Waals surface area contributed by atoms with Crippen LogP contribution in [-0.4, -0.2) is 11.2 Å². The number of hydrogen-bond acceptors (Lipinski definition) is 1. The van der Waals surface area contributed by atoms with E-state index in [1.807, 2.05) is 0 Å². The normalized spacial score (nSPS) is 51.5. The van der Waals surface area contributed by atoms with Gasteiger partial charge in [0.15, 0.2) is 0 Å². The topological polar surface area (TPSA) is 20.2 Å². The molecule has 4 rings (SSSR count). The highest BCUT2D eigenvalue weighted by atomic mass is 16.3. The Morgan fingerprint density at radius 3 is 2.00 bits per heavy atom. The molecular formula is C10H16O. The van der Waals surface area contributed by atoms with Gasteiger partial charge in [-0.3, -0.25) is 0 Å². The lowest BCUT2D eigenvalue weighted by Crippen LogP contribution is -2.45. The molecular weight excluding hydrogens is 136 g/mol. The van der Waals surface area contributed by atoms with Crippen LogP contribution in [0.25, 0.3) is 0 Å². The Balaban J connectivity index is 1.95. The Kier molecular flexibility index (Phi) is 1.07. The van der Waals surface area contributed by atoms with Crippen molar-refractivity contribution in [3.63, 3.8) is 0 Å². The third-order valence-electron chi connectivity index (χ3n) is 4.45. The lowest BCUT2D eigenvalue weighted by molar-refractivity contribution is -0.0710. The van der Waals surface area contributed by atoms with E-state index in [9.17, 15) is 5.11 Å². The van der Waals surface area contributed by atoms with Gasteiger partial charge in [0.25, 0.3) is 0 Å². The molecule has 4 aliphatic rings. The van der Waals surface area contributed by atoms with Crippen LogP contribution in [0.1, 0.15) is 38.5 Å². The zero-order valence-electron chi connectivity index (χ0n) is 6.92. The number of rotatable bonds is 0. The van der Waals surface area contributed by atoms with Crippen molar-refractivity contribution in [3.05, 3.63) is 0 Å². The highest BCUT2D eigenvalue weighted by molar-refractivity contribution is 5.10. The van der Waals surface area contributed by atoms with Crippen LogP contribution in [0.3, 0.4) is 0 Å². The molecule has 62 valence electrons. The SMILES string of the molecule is OC1C2CCC(CC2)C12CC2. The van der Waals surface area contributed by atoms with Crippen LogP contribution in [0, 0.1) is 17.3 Å². The predicted octanol–water partition coefficient (Wildman–Crippen LogP) is 1.95. The molecule has 0 heterocycles. The Morgan fingerprint density at radius 2 is 1.64 bits per heavy atom. The van der Waals surface area contributed by atoms with Gasteiger partial charge in [-0.05, 0) is 55.8 Å². The van der Waals surface area contributed by atoms with Crippen molar-refractivity contribution in [1.29, 1.82) is 0 Å². The molecule has 0 saturated heterocycles. The van der Waals surface area contributed by atoms with Gasteiger partial charge in [0.1, 0.15) is 0 Å². The van der Waals surface area contributed by atoms with E-state index in [0.717, 1.165) is 5.92 Å². The number of aliphatic hydroxyl groups is 1. The van der Waals surface area contributed by atoms with E-state index < -0.39 is 0 Å². The van der Waals surface area contributed by atoms with Crippen LogP contribution in [0.4, 0.5) is 0 Å². The maximum absolute atomic E-state index is 9.99. The minimum atomic E-state index is 0.0926. The molecule has 4 aliphatic carbocycles. The Bertz CT molecular complexity index is 171. The van der Waals surface area contributed by atoms with Gasteiger partial charge in [-0.15, -0.1) is 0 Å². The van der Waals surface area contributed by atoms with Crippen molar-refractivity contribution in [3.8, 4) is 0 Å². The zero-order chi connectivity index (χ0) is 7.47. The quantitative estimate of drug-likeness (QED) is 0.562. The monoisotopic (exact) mass is 152 g/mol. The first kappa shape index (κ1) is 6.47. The van der Waals surface area contributed by atoms with Crippen molar-refractivity contribution in [2.75, 3.05) is 0 Å². The Hall–Kier alpha value is -0.0400. The van der Waals surface area contributed by atoms with Gasteiger partial charge in [-0.25, -0.2) is 0 Å². The van der Waals surface area contributed by atoms with E-state index in [4.69, 9.17) is 0 Å². The highest BCUT2D eigenvalue weighted by Crippen LogP contribution is 2.65. The molecule has 4 fully saturated rings. The van der Waals surface area contributed by atoms with Crippen LogP contribution in [0.15, 0.2) is 0 Å². The molecule has 0 aromatic rings. The molecule has 2 bridgehead atoms. The molecule has 0 aromatic carbocycles. The van der Waals surface area contributed by atoms with E-state index in [0.29, 0.717) is 11.3 Å². The third-order valence-corrected chi connectivity index (χ3v) is 4.45. The molecule has 1 heteroatoms. The lowest BCUT2D eigenvalue weighted by atomic mass is 9.61. The summed E-state index contributed by atoms with van der Waals surface area (Å²) in [6.45, 7) is 0. The molecule has 1 nitrogen and oxygen atoms in total. The number of fused-ring (bicyclic) bond motifs is 2. The van der Waals surface area contributed by atoms with E-state index in [-0.39, 0.29) is 6.10 Å². The molecule has 1 atom stereocenters. The predicted molar refractivity (Wildman–Crippen MR) is 43.1 cm³/mol. The first-order chi connectivity index (χ1) is 5.33. The van der Waals surface area contributed by atoms with Gasteiger partial charge in [-0.1, -0.05) is 0 Å². The van der Waals surface area contributed by atoms with Gasteiger partial charge in [0, 0.05) is 0 Å². The van der Waals surface area contributed by atoms with Gasteiger partial charge in [0.2, 0.25) is 0 Å². The highest BCUT2D eigenvalue weighted by Gasteiger charge is 2.60. The molecule has 1 N–H and O–H groups in total. The maximum Gasteiger partial charge on any atom is 0.0627 e.